The second-order valence-electron chi connectivity index (χ2n) is 4.17. The maximum atomic E-state index is 13.1. The van der Waals surface area contributed by atoms with Crippen molar-refractivity contribution < 1.29 is 14.3 Å². The first kappa shape index (κ1) is 15.1. The fourth-order valence-electron chi connectivity index (χ4n) is 1.45. The minimum Gasteiger partial charge on any atom is -0.480 e. The maximum Gasteiger partial charge on any atom is 0.326 e. The van der Waals surface area contributed by atoms with Gasteiger partial charge < -0.3 is 10.4 Å². The number of aliphatic carboxylic acids is 1. The SMILES string of the molecule is C[S+](C)CCC(Nc1cc(F)cc(Cl)c1)C(=O)O. The van der Waals surface area contributed by atoms with Crippen molar-refractivity contribution in [3.63, 3.8) is 0 Å². The number of halogens is 2. The molecule has 1 unspecified atom stereocenters. The van der Waals surface area contributed by atoms with Crippen LogP contribution < -0.4 is 5.32 Å². The lowest BCUT2D eigenvalue weighted by atomic mass is 10.2. The summed E-state index contributed by atoms with van der Waals surface area (Å²) in [4.78, 5) is 11.1. The lowest BCUT2D eigenvalue weighted by molar-refractivity contribution is -0.137. The van der Waals surface area contributed by atoms with Gasteiger partial charge in [0.15, 0.2) is 0 Å². The molecule has 100 valence electrons. The van der Waals surface area contributed by atoms with Crippen molar-refractivity contribution in [2.24, 2.45) is 0 Å². The second-order valence-corrected chi connectivity index (χ2v) is 6.99. The van der Waals surface area contributed by atoms with Gasteiger partial charge in [0.1, 0.15) is 17.6 Å². The van der Waals surface area contributed by atoms with Gasteiger partial charge in [0.25, 0.3) is 0 Å². The Hall–Kier alpha value is -0.940. The highest BCUT2D eigenvalue weighted by atomic mass is 35.5. The van der Waals surface area contributed by atoms with Crippen LogP contribution in [0.5, 0.6) is 0 Å². The third-order valence-corrected chi connectivity index (χ3v) is 3.59. The summed E-state index contributed by atoms with van der Waals surface area (Å²) in [6.07, 6.45) is 4.61. The number of hydrogen-bond donors (Lipinski definition) is 2. The second kappa shape index (κ2) is 6.85. The highest BCUT2D eigenvalue weighted by Gasteiger charge is 2.20. The zero-order chi connectivity index (χ0) is 13.7. The number of hydrogen-bond acceptors (Lipinski definition) is 2. The van der Waals surface area contributed by atoms with Gasteiger partial charge in [-0.05, 0) is 29.1 Å². The number of nitrogens with one attached hydrogen (secondary N) is 1. The molecule has 0 saturated carbocycles. The lowest BCUT2D eigenvalue weighted by Crippen LogP contribution is -2.31. The van der Waals surface area contributed by atoms with E-state index in [4.69, 9.17) is 16.7 Å². The summed E-state index contributed by atoms with van der Waals surface area (Å²) in [5.41, 5.74) is 0.388. The fraction of sp³-hybridized carbons (Fsp3) is 0.417. The van der Waals surface area contributed by atoms with Gasteiger partial charge in [-0.2, -0.15) is 0 Å². The molecule has 1 aromatic rings. The van der Waals surface area contributed by atoms with Crippen LogP contribution in [0.1, 0.15) is 6.42 Å². The van der Waals surface area contributed by atoms with E-state index in [2.05, 4.69) is 17.8 Å². The van der Waals surface area contributed by atoms with Gasteiger partial charge in [-0.25, -0.2) is 9.18 Å². The van der Waals surface area contributed by atoms with Crippen molar-refractivity contribution in [3.05, 3.63) is 29.0 Å². The molecule has 2 N–H and O–H groups in total. The molecule has 1 atom stereocenters. The van der Waals surface area contributed by atoms with Crippen LogP contribution >= 0.6 is 11.6 Å². The molecule has 6 heteroatoms. The Morgan fingerprint density at radius 1 is 1.50 bits per heavy atom. The molecule has 18 heavy (non-hydrogen) atoms. The molecule has 0 aliphatic heterocycles. The van der Waals surface area contributed by atoms with E-state index in [1.807, 2.05) is 0 Å². The third kappa shape index (κ3) is 5.14. The molecule has 0 saturated heterocycles. The van der Waals surface area contributed by atoms with Gasteiger partial charge >= 0.3 is 5.97 Å². The summed E-state index contributed by atoms with van der Waals surface area (Å²) in [5, 5.41) is 12.1. The highest BCUT2D eigenvalue weighted by molar-refractivity contribution is 7.95. The third-order valence-electron chi connectivity index (χ3n) is 2.32. The van der Waals surface area contributed by atoms with Crippen LogP contribution in [-0.2, 0) is 15.7 Å². The van der Waals surface area contributed by atoms with Crippen LogP contribution in [0.15, 0.2) is 18.2 Å². The van der Waals surface area contributed by atoms with Gasteiger partial charge in [-0.15, -0.1) is 0 Å². The molecular weight excluding hydrogens is 277 g/mol. The first-order chi connectivity index (χ1) is 8.38. The Morgan fingerprint density at radius 3 is 2.67 bits per heavy atom. The Balaban J connectivity index is 2.73. The number of carboxylic acids is 1. The summed E-state index contributed by atoms with van der Waals surface area (Å²) in [5.74, 6) is -0.617. The van der Waals surface area contributed by atoms with Crippen LogP contribution in [0.25, 0.3) is 0 Å². The van der Waals surface area contributed by atoms with E-state index in [0.29, 0.717) is 12.1 Å². The maximum absolute atomic E-state index is 13.1. The zero-order valence-corrected chi connectivity index (χ0v) is 11.8. The average Bonchev–Trinajstić information content (AvgIpc) is 2.22. The van der Waals surface area contributed by atoms with Crippen LogP contribution in [0.4, 0.5) is 10.1 Å². The molecular formula is C12H16ClFNO2S+. The standard InChI is InChI=1S/C12H15ClFNO2S/c1-18(2)4-3-11(12(16)17)15-10-6-8(13)5-9(14)7-10/h5-7,11,15H,3-4H2,1-2H3/p+1. The van der Waals surface area contributed by atoms with E-state index in [1.165, 1.54) is 18.2 Å². The number of carboxylic acid groups (broad SMARTS) is 1. The molecule has 0 radical (unpaired) electrons. The molecule has 0 aliphatic rings. The van der Waals surface area contributed by atoms with E-state index in [1.54, 1.807) is 0 Å². The monoisotopic (exact) mass is 292 g/mol. The largest absolute Gasteiger partial charge is 0.480 e. The van der Waals surface area contributed by atoms with E-state index in [9.17, 15) is 9.18 Å². The van der Waals surface area contributed by atoms with Gasteiger partial charge in [0, 0.05) is 17.1 Å². The molecule has 0 aliphatic carbocycles. The predicted octanol–water partition coefficient (Wildman–Crippen LogP) is 2.61. The van der Waals surface area contributed by atoms with Crippen molar-refractivity contribution in [1.82, 2.24) is 0 Å². The summed E-state index contributed by atoms with van der Waals surface area (Å²) in [7, 11) is 0.177. The first-order valence-corrected chi connectivity index (χ1v) is 7.97. The van der Waals surface area contributed by atoms with Gasteiger partial charge in [0.2, 0.25) is 0 Å². The van der Waals surface area contributed by atoms with Crippen molar-refractivity contribution >= 4 is 34.2 Å². The summed E-state index contributed by atoms with van der Waals surface area (Å²) in [6.45, 7) is 0. The minimum atomic E-state index is -0.944. The normalized spacial score (nSPS) is 12.5. The van der Waals surface area contributed by atoms with E-state index >= 15 is 0 Å². The van der Waals surface area contributed by atoms with Gasteiger partial charge in [-0.1, -0.05) is 11.6 Å². The smallest absolute Gasteiger partial charge is 0.326 e. The Labute approximate surface area is 114 Å². The number of carbonyl (C=O) groups is 1. The van der Waals surface area contributed by atoms with Crippen molar-refractivity contribution in [2.45, 2.75) is 12.5 Å². The highest BCUT2D eigenvalue weighted by Crippen LogP contribution is 2.19. The molecule has 1 aromatic carbocycles. The zero-order valence-electron chi connectivity index (χ0n) is 10.2. The topological polar surface area (TPSA) is 49.3 Å². The van der Waals surface area contributed by atoms with Crippen molar-refractivity contribution in [2.75, 3.05) is 23.6 Å². The van der Waals surface area contributed by atoms with Crippen LogP contribution in [-0.4, -0.2) is 35.4 Å². The molecule has 1 rings (SSSR count). The number of anilines is 1. The molecule has 0 fully saturated rings. The van der Waals surface area contributed by atoms with Crippen LogP contribution in [0.3, 0.4) is 0 Å². The first-order valence-electron chi connectivity index (χ1n) is 5.38. The van der Waals surface area contributed by atoms with Crippen LogP contribution in [0, 0.1) is 5.82 Å². The molecule has 0 spiro atoms. The van der Waals surface area contributed by atoms with Crippen molar-refractivity contribution in [3.8, 4) is 0 Å². The molecule has 0 aromatic heterocycles. The summed E-state index contributed by atoms with van der Waals surface area (Å²) < 4.78 is 13.1. The van der Waals surface area contributed by atoms with Gasteiger partial charge in [-0.3, -0.25) is 0 Å². The van der Waals surface area contributed by atoms with E-state index in [-0.39, 0.29) is 15.9 Å². The van der Waals surface area contributed by atoms with E-state index < -0.39 is 17.8 Å². The molecule has 3 nitrogen and oxygen atoms in total. The molecule has 0 amide bonds. The van der Waals surface area contributed by atoms with E-state index in [0.717, 1.165) is 5.75 Å². The molecule has 0 heterocycles. The van der Waals surface area contributed by atoms with Gasteiger partial charge in [0.05, 0.1) is 12.5 Å². The Morgan fingerprint density at radius 2 is 2.17 bits per heavy atom. The van der Waals surface area contributed by atoms with Crippen LogP contribution in [0.2, 0.25) is 5.02 Å². The fourth-order valence-corrected chi connectivity index (χ4v) is 2.38. The molecule has 0 bridgehead atoms. The summed E-state index contributed by atoms with van der Waals surface area (Å²) >= 11 is 5.71. The number of rotatable bonds is 6. The Bertz CT molecular complexity index is 408. The summed E-state index contributed by atoms with van der Waals surface area (Å²) in [6, 6.07) is 3.20. The quantitative estimate of drug-likeness (QED) is 0.793. The predicted molar refractivity (Wildman–Crippen MR) is 75.2 cm³/mol. The number of benzene rings is 1. The average molecular weight is 293 g/mol. The Kier molecular flexibility index (Phi) is 5.75. The minimum absolute atomic E-state index is 0.177. The lowest BCUT2D eigenvalue weighted by Gasteiger charge is -2.15. The van der Waals surface area contributed by atoms with Crippen molar-refractivity contribution in [1.29, 1.82) is 0 Å².